The van der Waals surface area contributed by atoms with E-state index in [-0.39, 0.29) is 23.4 Å². The average Bonchev–Trinajstić information content (AvgIpc) is 2.84. The summed E-state index contributed by atoms with van der Waals surface area (Å²) in [5.41, 5.74) is 2.57. The zero-order chi connectivity index (χ0) is 29.3. The summed E-state index contributed by atoms with van der Waals surface area (Å²) in [6.07, 6.45) is -5.08. The number of amides is 2. The maximum Gasteiger partial charge on any atom is 0.490 e. The second-order valence-electron chi connectivity index (χ2n) is 9.09. The number of carbonyl (C=O) groups excluding carboxylic acids is 2. The van der Waals surface area contributed by atoms with Crippen LogP contribution >= 0.6 is 0 Å². The molecule has 4 N–H and O–H groups in total. The van der Waals surface area contributed by atoms with Gasteiger partial charge < -0.3 is 25.7 Å². The van der Waals surface area contributed by atoms with Crippen molar-refractivity contribution in [2.24, 2.45) is 0 Å². The first-order valence-corrected chi connectivity index (χ1v) is 12.0. The number of aromatic carboxylic acids is 1. The topological polar surface area (TPSA) is 139 Å². The van der Waals surface area contributed by atoms with E-state index in [0.717, 1.165) is 5.56 Å². The van der Waals surface area contributed by atoms with E-state index in [0.29, 0.717) is 49.7 Å². The van der Waals surface area contributed by atoms with Crippen molar-refractivity contribution in [1.29, 1.82) is 0 Å². The van der Waals surface area contributed by atoms with E-state index in [2.05, 4.69) is 15.5 Å². The molecule has 1 saturated heterocycles. The fraction of sp³-hybridized carbons (Fsp3) is 0.385. The smallest absolute Gasteiger partial charge is 0.478 e. The Balaban J connectivity index is 0.000000673. The number of anilines is 2. The van der Waals surface area contributed by atoms with Crippen molar-refractivity contribution >= 4 is 35.1 Å². The zero-order valence-corrected chi connectivity index (χ0v) is 21.7. The minimum absolute atomic E-state index is 0.00609. The third-order valence-electron chi connectivity index (χ3n) is 5.65. The lowest BCUT2D eigenvalue weighted by Crippen LogP contribution is -2.50. The van der Waals surface area contributed by atoms with Gasteiger partial charge in [-0.25, -0.2) is 9.59 Å². The van der Waals surface area contributed by atoms with Gasteiger partial charge in [0.05, 0.1) is 17.8 Å². The Labute approximate surface area is 223 Å². The summed E-state index contributed by atoms with van der Waals surface area (Å²) in [4.78, 5) is 49.5. The van der Waals surface area contributed by atoms with Crippen LogP contribution in [0.2, 0.25) is 0 Å². The van der Waals surface area contributed by atoms with E-state index in [1.54, 1.807) is 24.3 Å². The van der Waals surface area contributed by atoms with Crippen LogP contribution in [0.3, 0.4) is 0 Å². The summed E-state index contributed by atoms with van der Waals surface area (Å²) in [6, 6.07) is 12.3. The fourth-order valence-corrected chi connectivity index (χ4v) is 3.80. The van der Waals surface area contributed by atoms with Crippen LogP contribution < -0.4 is 15.5 Å². The van der Waals surface area contributed by atoms with Crippen molar-refractivity contribution in [3.63, 3.8) is 0 Å². The lowest BCUT2D eigenvalue weighted by molar-refractivity contribution is -0.192. The Hall–Kier alpha value is -4.13. The predicted octanol–water partition coefficient (Wildman–Crippen LogP) is 3.23. The first-order chi connectivity index (χ1) is 18.2. The van der Waals surface area contributed by atoms with E-state index in [9.17, 15) is 32.7 Å². The Morgan fingerprint density at radius 1 is 0.949 bits per heavy atom. The third-order valence-corrected chi connectivity index (χ3v) is 5.65. The molecule has 0 spiro atoms. The second kappa shape index (κ2) is 13.6. The van der Waals surface area contributed by atoms with Crippen LogP contribution in [-0.4, -0.2) is 83.8 Å². The molecule has 1 aliphatic rings. The van der Waals surface area contributed by atoms with Crippen molar-refractivity contribution in [3.05, 3.63) is 59.2 Å². The molecule has 3 rings (SSSR count). The molecule has 39 heavy (non-hydrogen) atoms. The van der Waals surface area contributed by atoms with Gasteiger partial charge in [0.2, 0.25) is 5.91 Å². The van der Waals surface area contributed by atoms with E-state index in [4.69, 9.17) is 9.90 Å². The molecule has 1 fully saturated rings. The Bertz CT molecular complexity index is 1190. The molecule has 0 bridgehead atoms. The lowest BCUT2D eigenvalue weighted by atomic mass is 10.1. The fourth-order valence-electron chi connectivity index (χ4n) is 3.80. The number of nitrogens with zero attached hydrogens (tertiary/aromatic N) is 2. The van der Waals surface area contributed by atoms with Gasteiger partial charge in [-0.1, -0.05) is 18.2 Å². The maximum absolute atomic E-state index is 12.6. The number of hydrogen-bond donors (Lipinski definition) is 4. The predicted molar refractivity (Wildman–Crippen MR) is 138 cm³/mol. The van der Waals surface area contributed by atoms with E-state index < -0.39 is 18.1 Å². The molecule has 0 unspecified atom stereocenters. The molecule has 0 radical (unpaired) electrons. The number of nitrogens with one attached hydrogen (secondary N) is 2. The molecule has 0 aromatic heterocycles. The van der Waals surface area contributed by atoms with Crippen LogP contribution in [0.15, 0.2) is 42.5 Å². The number of aliphatic carboxylic acids is 1. The highest BCUT2D eigenvalue weighted by Gasteiger charge is 2.38. The average molecular weight is 553 g/mol. The molecule has 212 valence electrons. The van der Waals surface area contributed by atoms with Gasteiger partial charge in [-0.15, -0.1) is 0 Å². The molecular formula is C26H31F3N4O6. The molecule has 2 amide bonds. The molecule has 0 saturated carbocycles. The molecule has 1 heterocycles. The van der Waals surface area contributed by atoms with Gasteiger partial charge >= 0.3 is 18.1 Å². The number of halogens is 3. The highest BCUT2D eigenvalue weighted by atomic mass is 19.4. The number of carboxylic acids is 2. The van der Waals surface area contributed by atoms with Crippen molar-refractivity contribution < 1.29 is 42.6 Å². The second-order valence-corrected chi connectivity index (χ2v) is 9.09. The largest absolute Gasteiger partial charge is 0.490 e. The van der Waals surface area contributed by atoms with Crippen LogP contribution in [0.25, 0.3) is 0 Å². The van der Waals surface area contributed by atoms with Crippen LogP contribution in [-0.2, 0) is 9.59 Å². The minimum atomic E-state index is -5.08. The van der Waals surface area contributed by atoms with Crippen molar-refractivity contribution in [2.75, 3.05) is 42.9 Å². The van der Waals surface area contributed by atoms with Gasteiger partial charge in [0.1, 0.15) is 0 Å². The Morgan fingerprint density at radius 2 is 1.54 bits per heavy atom. The molecular weight excluding hydrogens is 521 g/mol. The van der Waals surface area contributed by atoms with Gasteiger partial charge in [-0.05, 0) is 50.6 Å². The number of carboxylic acid groups (broad SMARTS) is 2. The highest BCUT2D eigenvalue weighted by Crippen LogP contribution is 2.26. The quantitative estimate of drug-likeness (QED) is 0.411. The SMILES string of the molecule is Cc1ccccc1C(=O)Nc1ccc(N2CCN(CC(=O)NC(C)C)CC2)c(C(=O)O)c1.O=C(O)C(F)(F)F. The van der Waals surface area contributed by atoms with Gasteiger partial charge in [-0.2, -0.15) is 13.2 Å². The molecule has 10 nitrogen and oxygen atoms in total. The summed E-state index contributed by atoms with van der Waals surface area (Å²) in [7, 11) is 0. The standard InChI is InChI=1S/C24H30N4O4.C2HF3O2/c1-16(2)25-22(29)15-27-10-12-28(13-11-27)21-9-8-18(14-20(21)24(31)32)26-23(30)19-7-5-4-6-17(19)3;3-2(4,5)1(6)7/h4-9,14,16H,10-13,15H2,1-3H3,(H,25,29)(H,26,30)(H,31,32);(H,6,7). The van der Waals surface area contributed by atoms with Gasteiger partial charge in [-0.3, -0.25) is 14.5 Å². The zero-order valence-electron chi connectivity index (χ0n) is 21.7. The Morgan fingerprint density at radius 3 is 2.05 bits per heavy atom. The van der Waals surface area contributed by atoms with Crippen LogP contribution in [0, 0.1) is 6.92 Å². The van der Waals surface area contributed by atoms with E-state index >= 15 is 0 Å². The molecule has 13 heteroatoms. The van der Waals surface area contributed by atoms with Crippen molar-refractivity contribution in [3.8, 4) is 0 Å². The lowest BCUT2D eigenvalue weighted by Gasteiger charge is -2.36. The highest BCUT2D eigenvalue weighted by molar-refractivity contribution is 6.06. The first-order valence-electron chi connectivity index (χ1n) is 12.0. The monoisotopic (exact) mass is 552 g/mol. The summed E-state index contributed by atoms with van der Waals surface area (Å²) < 4.78 is 31.7. The Kier molecular flexibility index (Phi) is 10.8. The van der Waals surface area contributed by atoms with E-state index in [1.165, 1.54) is 6.07 Å². The number of aryl methyl sites for hydroxylation is 1. The number of benzene rings is 2. The first kappa shape index (κ1) is 31.1. The van der Waals surface area contributed by atoms with Crippen LogP contribution in [0.1, 0.15) is 40.1 Å². The third kappa shape index (κ3) is 9.60. The number of hydrogen-bond acceptors (Lipinski definition) is 6. The van der Waals surface area contributed by atoms with Crippen molar-refractivity contribution in [1.82, 2.24) is 10.2 Å². The summed E-state index contributed by atoms with van der Waals surface area (Å²) in [5, 5.41) is 22.6. The maximum atomic E-state index is 12.6. The number of rotatable bonds is 7. The molecule has 2 aromatic carbocycles. The number of alkyl halides is 3. The van der Waals surface area contributed by atoms with Crippen LogP contribution in [0.4, 0.5) is 24.5 Å². The summed E-state index contributed by atoms with van der Waals surface area (Å²) >= 11 is 0. The number of piperazine rings is 1. The normalized spacial score (nSPS) is 13.8. The summed E-state index contributed by atoms with van der Waals surface area (Å²) in [6.45, 7) is 8.60. The van der Waals surface area contributed by atoms with E-state index in [1.807, 2.05) is 37.8 Å². The molecule has 0 atom stereocenters. The van der Waals surface area contributed by atoms with Gasteiger partial charge in [0, 0.05) is 43.5 Å². The van der Waals surface area contributed by atoms with Crippen molar-refractivity contribution in [2.45, 2.75) is 33.0 Å². The van der Waals surface area contributed by atoms with Crippen LogP contribution in [0.5, 0.6) is 0 Å². The van der Waals surface area contributed by atoms with Gasteiger partial charge in [0.25, 0.3) is 5.91 Å². The summed E-state index contributed by atoms with van der Waals surface area (Å²) in [5.74, 6) is -4.09. The minimum Gasteiger partial charge on any atom is -0.478 e. The number of carbonyl (C=O) groups is 4. The molecule has 1 aliphatic heterocycles. The molecule has 0 aliphatic carbocycles. The van der Waals surface area contributed by atoms with Gasteiger partial charge in [0.15, 0.2) is 0 Å². The molecule has 2 aromatic rings.